The lowest BCUT2D eigenvalue weighted by atomic mass is 10.0. The number of halogens is 2. The normalized spacial score (nSPS) is 11.2. The van der Waals surface area contributed by atoms with Gasteiger partial charge in [-0.3, -0.25) is 0 Å². The van der Waals surface area contributed by atoms with Gasteiger partial charge in [0, 0.05) is 17.5 Å². The van der Waals surface area contributed by atoms with Gasteiger partial charge in [-0.1, -0.05) is 54.1 Å². The number of aromatic nitrogens is 5. The van der Waals surface area contributed by atoms with Crippen molar-refractivity contribution in [3.05, 3.63) is 107 Å². The number of benzene rings is 3. The van der Waals surface area contributed by atoms with E-state index in [1.807, 2.05) is 48.5 Å². The van der Waals surface area contributed by atoms with Crippen LogP contribution in [0.25, 0.3) is 33.3 Å². The number of rotatable bonds is 7. The zero-order valence-corrected chi connectivity index (χ0v) is 20.2. The van der Waals surface area contributed by atoms with Crippen molar-refractivity contribution in [2.24, 2.45) is 0 Å². The average molecular weight is 511 g/mol. The van der Waals surface area contributed by atoms with Gasteiger partial charge >= 0.3 is 0 Å². The second-order valence-electron chi connectivity index (χ2n) is 8.40. The van der Waals surface area contributed by atoms with Gasteiger partial charge in [-0.25, -0.2) is 24.3 Å². The van der Waals surface area contributed by atoms with E-state index in [1.165, 1.54) is 18.5 Å². The van der Waals surface area contributed by atoms with Crippen LogP contribution < -0.4 is 10.1 Å². The first-order chi connectivity index (χ1) is 18.2. The fourth-order valence-electron chi connectivity index (χ4n) is 4.20. The van der Waals surface area contributed by atoms with E-state index in [0.717, 1.165) is 16.5 Å². The Kier molecular flexibility index (Phi) is 6.08. The minimum absolute atomic E-state index is 0.333. The molecule has 0 aliphatic rings. The zero-order valence-electron chi connectivity index (χ0n) is 19.5. The average Bonchev–Trinajstić information content (AvgIpc) is 3.41. The van der Waals surface area contributed by atoms with Gasteiger partial charge in [0.1, 0.15) is 30.0 Å². The summed E-state index contributed by atoms with van der Waals surface area (Å²) in [4.78, 5) is 20.6. The summed E-state index contributed by atoms with van der Waals surface area (Å²) in [6, 6.07) is 21.8. The number of nitrogens with one attached hydrogen (secondary N) is 2. The second kappa shape index (κ2) is 9.83. The number of imidazole rings is 1. The van der Waals surface area contributed by atoms with E-state index in [9.17, 15) is 4.39 Å². The van der Waals surface area contributed by atoms with E-state index in [2.05, 4.69) is 25.3 Å². The predicted molar refractivity (Wildman–Crippen MR) is 142 cm³/mol. The topological polar surface area (TPSA) is 88.6 Å². The number of anilines is 1. The summed E-state index contributed by atoms with van der Waals surface area (Å²) >= 11 is 6.50. The summed E-state index contributed by atoms with van der Waals surface area (Å²) in [7, 11) is 0. The van der Waals surface area contributed by atoms with E-state index >= 15 is 0 Å². The Labute approximate surface area is 216 Å². The molecule has 0 unspecified atom stereocenters. The summed E-state index contributed by atoms with van der Waals surface area (Å²) in [5.74, 6) is 0.722. The molecule has 0 saturated carbocycles. The Morgan fingerprint density at radius 2 is 1.84 bits per heavy atom. The SMILES string of the molecule is Fc1ccc(OCc2ccccc2)c(-c2nc3c(Cl)cccc3cc2CNc2ncnc3nc[nH]c23)c1. The minimum atomic E-state index is -0.392. The highest BCUT2D eigenvalue weighted by Crippen LogP contribution is 2.36. The van der Waals surface area contributed by atoms with Gasteiger partial charge in [-0.2, -0.15) is 0 Å². The van der Waals surface area contributed by atoms with E-state index < -0.39 is 5.82 Å². The van der Waals surface area contributed by atoms with Crippen LogP contribution in [0.2, 0.25) is 5.02 Å². The molecule has 9 heteroatoms. The van der Waals surface area contributed by atoms with Crippen molar-refractivity contribution in [2.45, 2.75) is 13.2 Å². The van der Waals surface area contributed by atoms with Crippen LogP contribution in [0.1, 0.15) is 11.1 Å². The number of hydrogen-bond acceptors (Lipinski definition) is 6. The molecule has 0 aliphatic heterocycles. The molecule has 7 nitrogen and oxygen atoms in total. The van der Waals surface area contributed by atoms with Crippen LogP contribution in [0.15, 0.2) is 85.5 Å². The highest BCUT2D eigenvalue weighted by atomic mass is 35.5. The number of pyridine rings is 1. The Morgan fingerprint density at radius 3 is 2.73 bits per heavy atom. The van der Waals surface area contributed by atoms with Crippen LogP contribution in [-0.4, -0.2) is 24.9 Å². The number of fused-ring (bicyclic) bond motifs is 2. The summed E-state index contributed by atoms with van der Waals surface area (Å²) in [5.41, 5.74) is 4.78. The maximum Gasteiger partial charge on any atom is 0.182 e. The second-order valence-corrected chi connectivity index (χ2v) is 8.81. The van der Waals surface area contributed by atoms with Crippen LogP contribution in [0.5, 0.6) is 5.75 Å². The van der Waals surface area contributed by atoms with Crippen molar-refractivity contribution in [2.75, 3.05) is 5.32 Å². The molecule has 0 amide bonds. The third kappa shape index (κ3) is 4.66. The van der Waals surface area contributed by atoms with Gasteiger partial charge in [0.2, 0.25) is 0 Å². The van der Waals surface area contributed by atoms with Gasteiger partial charge in [-0.05, 0) is 41.5 Å². The molecule has 0 saturated heterocycles. The Morgan fingerprint density at radius 1 is 0.946 bits per heavy atom. The molecule has 0 bridgehead atoms. The van der Waals surface area contributed by atoms with Crippen LogP contribution in [0, 0.1) is 5.82 Å². The van der Waals surface area contributed by atoms with Crippen molar-refractivity contribution in [3.63, 3.8) is 0 Å². The van der Waals surface area contributed by atoms with Crippen LogP contribution in [-0.2, 0) is 13.2 Å². The monoisotopic (exact) mass is 510 g/mol. The number of hydrogen-bond donors (Lipinski definition) is 2. The molecule has 0 radical (unpaired) electrons. The number of aromatic amines is 1. The van der Waals surface area contributed by atoms with Crippen molar-refractivity contribution < 1.29 is 9.13 Å². The summed E-state index contributed by atoms with van der Waals surface area (Å²) < 4.78 is 20.7. The Bertz CT molecular complexity index is 1720. The number of ether oxygens (including phenoxy) is 1. The molecule has 182 valence electrons. The van der Waals surface area contributed by atoms with Crippen molar-refractivity contribution in [3.8, 4) is 17.0 Å². The van der Waals surface area contributed by atoms with E-state index in [0.29, 0.717) is 57.7 Å². The zero-order chi connectivity index (χ0) is 25.2. The first-order valence-corrected chi connectivity index (χ1v) is 12.0. The van der Waals surface area contributed by atoms with Gasteiger partial charge in [0.15, 0.2) is 11.5 Å². The van der Waals surface area contributed by atoms with Gasteiger partial charge < -0.3 is 15.0 Å². The van der Waals surface area contributed by atoms with Crippen molar-refractivity contribution in [1.29, 1.82) is 0 Å². The van der Waals surface area contributed by atoms with Gasteiger partial charge in [0.05, 0.1) is 22.6 Å². The first kappa shape index (κ1) is 22.9. The van der Waals surface area contributed by atoms with Crippen molar-refractivity contribution in [1.82, 2.24) is 24.9 Å². The number of nitrogens with zero attached hydrogens (tertiary/aromatic N) is 4. The van der Waals surface area contributed by atoms with Crippen LogP contribution in [0.3, 0.4) is 0 Å². The predicted octanol–water partition coefficient (Wildman–Crippen LogP) is 6.55. The van der Waals surface area contributed by atoms with E-state index in [4.69, 9.17) is 21.3 Å². The summed E-state index contributed by atoms with van der Waals surface area (Å²) in [5, 5.41) is 4.72. The summed E-state index contributed by atoms with van der Waals surface area (Å²) in [6.45, 7) is 0.685. The van der Waals surface area contributed by atoms with Gasteiger partial charge in [0.25, 0.3) is 0 Å². The maximum atomic E-state index is 14.6. The van der Waals surface area contributed by atoms with Gasteiger partial charge in [-0.15, -0.1) is 0 Å². The molecule has 0 spiro atoms. The van der Waals surface area contributed by atoms with Crippen LogP contribution in [0.4, 0.5) is 10.2 Å². The lowest BCUT2D eigenvalue weighted by Crippen LogP contribution is -2.06. The molecule has 0 aliphatic carbocycles. The summed E-state index contributed by atoms with van der Waals surface area (Å²) in [6.07, 6.45) is 3.02. The number of para-hydroxylation sites is 1. The van der Waals surface area contributed by atoms with Crippen LogP contribution >= 0.6 is 11.6 Å². The smallest absolute Gasteiger partial charge is 0.182 e. The maximum absolute atomic E-state index is 14.6. The standard InChI is InChI=1S/C28H20ClFN6O/c29-22-8-4-7-18-11-19(13-31-27-26-28(33-15-32-26)35-16-34-27)24(36-25(18)22)21-12-20(30)9-10-23(21)37-14-17-5-2-1-3-6-17/h1-12,15-16H,13-14H2,(H2,31,32,33,34,35). The quantitative estimate of drug-likeness (QED) is 0.253. The largest absolute Gasteiger partial charge is 0.488 e. The molecule has 3 aromatic heterocycles. The molecule has 37 heavy (non-hydrogen) atoms. The lowest BCUT2D eigenvalue weighted by Gasteiger charge is -2.16. The Hall–Kier alpha value is -4.56. The lowest BCUT2D eigenvalue weighted by molar-refractivity contribution is 0.307. The first-order valence-electron chi connectivity index (χ1n) is 11.6. The fourth-order valence-corrected chi connectivity index (χ4v) is 4.42. The molecular formula is C28H20ClFN6O. The molecule has 2 N–H and O–H groups in total. The molecule has 0 fully saturated rings. The van der Waals surface area contributed by atoms with E-state index in [-0.39, 0.29) is 0 Å². The van der Waals surface area contributed by atoms with E-state index in [1.54, 1.807) is 18.5 Å². The van der Waals surface area contributed by atoms with Crippen molar-refractivity contribution >= 4 is 39.5 Å². The highest BCUT2D eigenvalue weighted by molar-refractivity contribution is 6.35. The molecule has 6 rings (SSSR count). The Balaban J connectivity index is 1.43. The third-order valence-electron chi connectivity index (χ3n) is 5.98. The fraction of sp³-hybridized carbons (Fsp3) is 0.0714. The highest BCUT2D eigenvalue weighted by Gasteiger charge is 2.17. The molecule has 6 aromatic rings. The third-order valence-corrected chi connectivity index (χ3v) is 6.28. The number of H-pyrrole nitrogens is 1. The minimum Gasteiger partial charge on any atom is -0.488 e. The molecule has 3 aromatic carbocycles. The molecule has 3 heterocycles. The molecule has 0 atom stereocenters. The molecular weight excluding hydrogens is 491 g/mol.